The Labute approximate surface area is 112 Å². The Morgan fingerprint density at radius 2 is 2.11 bits per heavy atom. The van der Waals surface area contributed by atoms with Crippen molar-refractivity contribution in [3.63, 3.8) is 0 Å². The van der Waals surface area contributed by atoms with Crippen LogP contribution in [0.25, 0.3) is 0 Å². The standard InChI is InChI=1S/C11H8ClFN4O2/c12-7-5-6(13)1-2-8(7)15-10-4-3-9(17(18)19)11(14)16-10/h1-5H,(H3,14,15,16). The lowest BCUT2D eigenvalue weighted by Crippen LogP contribution is -2.01. The highest BCUT2D eigenvalue weighted by Crippen LogP contribution is 2.27. The molecule has 0 atom stereocenters. The van der Waals surface area contributed by atoms with Crippen LogP contribution >= 0.6 is 11.6 Å². The predicted molar refractivity (Wildman–Crippen MR) is 70.0 cm³/mol. The van der Waals surface area contributed by atoms with Crippen LogP contribution in [-0.2, 0) is 0 Å². The molecule has 0 aliphatic rings. The van der Waals surface area contributed by atoms with Gasteiger partial charge in [0.1, 0.15) is 11.6 Å². The topological polar surface area (TPSA) is 94.1 Å². The number of hydrogen-bond donors (Lipinski definition) is 2. The number of nitro groups is 1. The number of nitrogens with two attached hydrogens (primary N) is 1. The van der Waals surface area contributed by atoms with E-state index in [0.29, 0.717) is 5.69 Å². The van der Waals surface area contributed by atoms with E-state index in [2.05, 4.69) is 10.3 Å². The van der Waals surface area contributed by atoms with Gasteiger partial charge in [-0.3, -0.25) is 10.1 Å². The zero-order valence-electron chi connectivity index (χ0n) is 9.43. The van der Waals surface area contributed by atoms with Crippen LogP contribution in [0.3, 0.4) is 0 Å². The van der Waals surface area contributed by atoms with Gasteiger partial charge in [0.2, 0.25) is 5.82 Å². The molecule has 0 unspecified atom stereocenters. The number of pyridine rings is 1. The molecule has 98 valence electrons. The minimum atomic E-state index is -0.628. The summed E-state index contributed by atoms with van der Waals surface area (Å²) in [7, 11) is 0. The van der Waals surface area contributed by atoms with Crippen LogP contribution in [0.4, 0.5) is 27.4 Å². The Balaban J connectivity index is 2.29. The van der Waals surface area contributed by atoms with E-state index in [1.165, 1.54) is 24.3 Å². The average molecular weight is 283 g/mol. The number of halogens is 2. The van der Waals surface area contributed by atoms with E-state index in [4.69, 9.17) is 17.3 Å². The van der Waals surface area contributed by atoms with Gasteiger partial charge in [0.15, 0.2) is 0 Å². The third kappa shape index (κ3) is 2.89. The van der Waals surface area contributed by atoms with E-state index >= 15 is 0 Å². The number of benzene rings is 1. The quantitative estimate of drug-likeness (QED) is 0.666. The van der Waals surface area contributed by atoms with Crippen molar-refractivity contribution in [3.05, 3.63) is 51.3 Å². The summed E-state index contributed by atoms with van der Waals surface area (Å²) in [5.74, 6) is -0.406. The van der Waals surface area contributed by atoms with Crippen LogP contribution in [0, 0.1) is 15.9 Å². The number of aromatic nitrogens is 1. The second kappa shape index (κ2) is 5.07. The van der Waals surface area contributed by atoms with Gasteiger partial charge in [-0.05, 0) is 24.3 Å². The van der Waals surface area contributed by atoms with Gasteiger partial charge in [-0.1, -0.05) is 11.6 Å². The van der Waals surface area contributed by atoms with Crippen molar-refractivity contribution in [2.75, 3.05) is 11.1 Å². The molecule has 0 aliphatic carbocycles. The van der Waals surface area contributed by atoms with E-state index in [0.717, 1.165) is 6.07 Å². The molecular formula is C11H8ClFN4O2. The van der Waals surface area contributed by atoms with Crippen molar-refractivity contribution in [1.29, 1.82) is 0 Å². The zero-order chi connectivity index (χ0) is 14.0. The van der Waals surface area contributed by atoms with E-state index in [1.807, 2.05) is 0 Å². The maximum atomic E-state index is 12.9. The number of nitrogens with zero attached hydrogens (tertiary/aromatic N) is 2. The maximum absolute atomic E-state index is 12.9. The minimum absolute atomic E-state index is 0.165. The summed E-state index contributed by atoms with van der Waals surface area (Å²) in [6.07, 6.45) is 0. The first-order valence-corrected chi connectivity index (χ1v) is 5.48. The van der Waals surface area contributed by atoms with Crippen LogP contribution < -0.4 is 11.1 Å². The number of nitrogen functional groups attached to an aromatic ring is 1. The van der Waals surface area contributed by atoms with E-state index < -0.39 is 10.7 Å². The van der Waals surface area contributed by atoms with E-state index in [9.17, 15) is 14.5 Å². The maximum Gasteiger partial charge on any atom is 0.311 e. The molecule has 2 aromatic rings. The molecule has 2 rings (SSSR count). The monoisotopic (exact) mass is 282 g/mol. The highest BCUT2D eigenvalue weighted by molar-refractivity contribution is 6.33. The van der Waals surface area contributed by atoms with Crippen molar-refractivity contribution in [2.24, 2.45) is 0 Å². The number of nitrogens with one attached hydrogen (secondary N) is 1. The molecule has 0 radical (unpaired) electrons. The second-order valence-corrected chi connectivity index (χ2v) is 4.01. The molecule has 0 saturated heterocycles. The van der Waals surface area contributed by atoms with Crippen molar-refractivity contribution >= 4 is 34.6 Å². The molecule has 0 amide bonds. The summed E-state index contributed by atoms with van der Waals surface area (Å²) in [5.41, 5.74) is 5.59. The Bertz CT molecular complexity index is 651. The lowest BCUT2D eigenvalue weighted by Gasteiger charge is -2.08. The van der Waals surface area contributed by atoms with Crippen molar-refractivity contribution < 1.29 is 9.31 Å². The first-order chi connectivity index (χ1) is 8.97. The summed E-state index contributed by atoms with van der Waals surface area (Å²) in [6, 6.07) is 6.40. The molecule has 0 bridgehead atoms. The summed E-state index contributed by atoms with van der Waals surface area (Å²) in [5, 5.41) is 13.5. The van der Waals surface area contributed by atoms with Gasteiger partial charge in [0.05, 0.1) is 15.6 Å². The zero-order valence-corrected chi connectivity index (χ0v) is 10.2. The Hall–Kier alpha value is -2.41. The van der Waals surface area contributed by atoms with Crippen molar-refractivity contribution in [3.8, 4) is 0 Å². The average Bonchev–Trinajstić information content (AvgIpc) is 2.32. The summed E-state index contributed by atoms with van der Waals surface area (Å²) >= 11 is 5.83. The molecule has 1 aromatic carbocycles. The molecule has 1 heterocycles. The molecule has 0 aliphatic heterocycles. The molecule has 0 spiro atoms. The number of hydrogen-bond acceptors (Lipinski definition) is 5. The molecule has 8 heteroatoms. The summed E-state index contributed by atoms with van der Waals surface area (Å²) in [4.78, 5) is 13.8. The Morgan fingerprint density at radius 1 is 1.37 bits per heavy atom. The highest BCUT2D eigenvalue weighted by Gasteiger charge is 2.13. The fourth-order valence-electron chi connectivity index (χ4n) is 1.42. The molecule has 3 N–H and O–H groups in total. The molecule has 19 heavy (non-hydrogen) atoms. The van der Waals surface area contributed by atoms with Crippen LogP contribution in [0.5, 0.6) is 0 Å². The lowest BCUT2D eigenvalue weighted by molar-refractivity contribution is -0.384. The molecule has 1 aromatic heterocycles. The Morgan fingerprint density at radius 3 is 2.68 bits per heavy atom. The van der Waals surface area contributed by atoms with E-state index in [-0.39, 0.29) is 22.3 Å². The summed E-state index contributed by atoms with van der Waals surface area (Å²) < 4.78 is 12.9. The van der Waals surface area contributed by atoms with Gasteiger partial charge in [0.25, 0.3) is 0 Å². The van der Waals surface area contributed by atoms with Gasteiger partial charge in [-0.25, -0.2) is 9.37 Å². The normalized spacial score (nSPS) is 10.2. The van der Waals surface area contributed by atoms with Crippen molar-refractivity contribution in [1.82, 2.24) is 4.98 Å². The second-order valence-electron chi connectivity index (χ2n) is 3.61. The SMILES string of the molecule is Nc1nc(Nc2ccc(F)cc2Cl)ccc1[N+](=O)[O-]. The van der Waals surface area contributed by atoms with Gasteiger partial charge in [0, 0.05) is 6.07 Å². The fraction of sp³-hybridized carbons (Fsp3) is 0. The highest BCUT2D eigenvalue weighted by atomic mass is 35.5. The van der Waals surface area contributed by atoms with Crippen LogP contribution in [0.1, 0.15) is 0 Å². The lowest BCUT2D eigenvalue weighted by atomic mass is 10.3. The predicted octanol–water partition coefficient (Wildman–Crippen LogP) is 3.11. The molecule has 0 saturated carbocycles. The fourth-order valence-corrected chi connectivity index (χ4v) is 1.63. The first-order valence-electron chi connectivity index (χ1n) is 5.10. The first kappa shape index (κ1) is 13.0. The van der Waals surface area contributed by atoms with Gasteiger partial charge < -0.3 is 11.1 Å². The summed E-state index contributed by atoms with van der Waals surface area (Å²) in [6.45, 7) is 0. The smallest absolute Gasteiger partial charge is 0.311 e. The number of rotatable bonds is 3. The number of anilines is 3. The molecular weight excluding hydrogens is 275 g/mol. The van der Waals surface area contributed by atoms with Gasteiger partial charge in [-0.15, -0.1) is 0 Å². The van der Waals surface area contributed by atoms with Crippen LogP contribution in [-0.4, -0.2) is 9.91 Å². The Kier molecular flexibility index (Phi) is 3.48. The van der Waals surface area contributed by atoms with Gasteiger partial charge >= 0.3 is 5.69 Å². The van der Waals surface area contributed by atoms with Gasteiger partial charge in [-0.2, -0.15) is 0 Å². The van der Waals surface area contributed by atoms with Crippen molar-refractivity contribution in [2.45, 2.75) is 0 Å². The molecule has 6 nitrogen and oxygen atoms in total. The largest absolute Gasteiger partial charge is 0.378 e. The third-order valence-corrected chi connectivity index (χ3v) is 2.61. The molecule has 0 fully saturated rings. The third-order valence-electron chi connectivity index (χ3n) is 2.29. The van der Waals surface area contributed by atoms with Crippen LogP contribution in [0.2, 0.25) is 5.02 Å². The van der Waals surface area contributed by atoms with Crippen LogP contribution in [0.15, 0.2) is 30.3 Å². The van der Waals surface area contributed by atoms with E-state index in [1.54, 1.807) is 0 Å². The minimum Gasteiger partial charge on any atom is -0.378 e.